The lowest BCUT2D eigenvalue weighted by atomic mass is 9.89. The number of rotatable bonds is 5. The number of allylic oxidation sites excluding steroid dienone is 17. The van der Waals surface area contributed by atoms with E-state index in [1.54, 1.807) is 0 Å². The molecule has 0 radical (unpaired) electrons. The maximum Gasteiger partial charge on any atom is 0.176 e. The van der Waals surface area contributed by atoms with Crippen LogP contribution in [-0.4, -0.2) is 14.8 Å². The predicted molar refractivity (Wildman–Crippen MR) is 146 cm³/mol. The topological polar surface area (TPSA) is 30.7 Å². The Balaban J connectivity index is 1.32. The second-order valence-electron chi connectivity index (χ2n) is 10.6. The van der Waals surface area contributed by atoms with Crippen LogP contribution in [0, 0.1) is 29.6 Å². The zero-order valence-corrected chi connectivity index (χ0v) is 20.6. The van der Waals surface area contributed by atoms with Gasteiger partial charge in [0.2, 0.25) is 0 Å². The van der Waals surface area contributed by atoms with Crippen molar-refractivity contribution < 1.29 is 0 Å². The molecule has 3 nitrogen and oxygen atoms in total. The Hall–Kier alpha value is -3.90. The first kappa shape index (κ1) is 21.4. The maximum absolute atomic E-state index is 4.79. The quantitative estimate of drug-likeness (QED) is 0.339. The molecule has 2 saturated carbocycles. The van der Waals surface area contributed by atoms with Crippen LogP contribution in [0.4, 0.5) is 0 Å². The maximum atomic E-state index is 4.79. The third-order valence-electron chi connectivity index (χ3n) is 8.26. The first-order valence-corrected chi connectivity index (χ1v) is 13.0. The van der Waals surface area contributed by atoms with E-state index >= 15 is 0 Å². The standard InChI is InChI=1S/C33H29N3/c1-21(2)31-26-16-14-23(15-17-27(26)31)32-34-35-33(36(32)24-12-8-3-4-9-13-24)28-19-18-25(29-20-30(28)29)22-10-6-5-7-11-22/h3,5-6,8-10,12-14,16-19,26-27,29-31H,1,7,11,20H2,2H3. The van der Waals surface area contributed by atoms with Gasteiger partial charge in [-0.2, -0.15) is 0 Å². The third-order valence-corrected chi connectivity index (χ3v) is 8.26. The van der Waals surface area contributed by atoms with Gasteiger partial charge in [0, 0.05) is 11.3 Å². The molecule has 0 aromatic carbocycles. The van der Waals surface area contributed by atoms with Gasteiger partial charge in [-0.1, -0.05) is 54.7 Å². The van der Waals surface area contributed by atoms with Gasteiger partial charge in [-0.3, -0.25) is 4.57 Å². The van der Waals surface area contributed by atoms with Gasteiger partial charge < -0.3 is 0 Å². The third kappa shape index (κ3) is 3.52. The molecule has 0 saturated heterocycles. The zero-order chi connectivity index (χ0) is 24.2. The molecule has 6 aliphatic rings. The molecule has 5 atom stereocenters. The van der Waals surface area contributed by atoms with Crippen molar-refractivity contribution in [2.75, 3.05) is 0 Å². The minimum Gasteiger partial charge on any atom is -0.275 e. The van der Waals surface area contributed by atoms with Crippen molar-refractivity contribution in [1.29, 1.82) is 0 Å². The lowest BCUT2D eigenvalue weighted by Gasteiger charge is -2.19. The summed E-state index contributed by atoms with van der Waals surface area (Å²) in [4.78, 5) is 0. The number of fused-ring (bicyclic) bond motifs is 2. The highest BCUT2D eigenvalue weighted by atomic mass is 15.3. The van der Waals surface area contributed by atoms with Gasteiger partial charge in [0.1, 0.15) is 0 Å². The molecule has 0 aliphatic heterocycles. The molecular weight excluding hydrogens is 438 g/mol. The van der Waals surface area contributed by atoms with Crippen LogP contribution in [0.2, 0.25) is 0 Å². The Bertz CT molecular complexity index is 1530. The van der Waals surface area contributed by atoms with Crippen LogP contribution < -0.4 is 0 Å². The monoisotopic (exact) mass is 467 g/mol. The van der Waals surface area contributed by atoms with Gasteiger partial charge in [0.05, 0.1) is 5.57 Å². The van der Waals surface area contributed by atoms with Crippen molar-refractivity contribution in [3.63, 3.8) is 0 Å². The van der Waals surface area contributed by atoms with Crippen molar-refractivity contribution in [1.82, 2.24) is 14.8 Å². The van der Waals surface area contributed by atoms with E-state index in [1.807, 2.05) is 18.2 Å². The molecule has 0 bridgehead atoms. The Kier molecular flexibility index (Phi) is 4.96. The fourth-order valence-electron chi connectivity index (χ4n) is 6.28. The van der Waals surface area contributed by atoms with Gasteiger partial charge in [0.15, 0.2) is 11.6 Å². The summed E-state index contributed by atoms with van der Waals surface area (Å²) in [6.45, 7) is 6.30. The Morgan fingerprint density at radius 3 is 2.69 bits per heavy atom. The molecule has 5 unspecified atom stereocenters. The summed E-state index contributed by atoms with van der Waals surface area (Å²) < 4.78 is 2.21. The molecule has 1 aromatic rings. The smallest absolute Gasteiger partial charge is 0.176 e. The molecule has 0 spiro atoms. The first-order valence-electron chi connectivity index (χ1n) is 13.0. The predicted octanol–water partition coefficient (Wildman–Crippen LogP) is 7.18. The van der Waals surface area contributed by atoms with Gasteiger partial charge in [0.25, 0.3) is 0 Å². The summed E-state index contributed by atoms with van der Waals surface area (Å²) in [5.74, 6) is 4.44. The van der Waals surface area contributed by atoms with Crippen molar-refractivity contribution in [2.24, 2.45) is 29.6 Å². The number of aromatic nitrogens is 3. The summed E-state index contributed by atoms with van der Waals surface area (Å²) in [6, 6.07) is 0. The van der Waals surface area contributed by atoms with E-state index in [4.69, 9.17) is 10.2 Å². The summed E-state index contributed by atoms with van der Waals surface area (Å²) in [5.41, 5.74) is 14.3. The van der Waals surface area contributed by atoms with Gasteiger partial charge in [-0.15, -0.1) is 21.7 Å². The van der Waals surface area contributed by atoms with Crippen LogP contribution in [0.5, 0.6) is 0 Å². The number of hydrogen-bond acceptors (Lipinski definition) is 2. The summed E-state index contributed by atoms with van der Waals surface area (Å²) in [7, 11) is 0. The largest absolute Gasteiger partial charge is 0.275 e. The molecule has 2 fully saturated rings. The van der Waals surface area contributed by atoms with E-state index in [9.17, 15) is 0 Å². The normalized spacial score (nSPS) is 30.8. The minimum absolute atomic E-state index is 0.497. The number of hydrogen-bond donors (Lipinski definition) is 0. The van der Waals surface area contributed by atoms with Crippen LogP contribution >= 0.6 is 0 Å². The van der Waals surface area contributed by atoms with Crippen molar-refractivity contribution >= 4 is 16.8 Å². The van der Waals surface area contributed by atoms with Crippen LogP contribution in [-0.2, 0) is 0 Å². The second-order valence-corrected chi connectivity index (χ2v) is 10.6. The second kappa shape index (κ2) is 8.35. The lowest BCUT2D eigenvalue weighted by molar-refractivity contribution is 0.863. The van der Waals surface area contributed by atoms with Gasteiger partial charge in [-0.25, -0.2) is 0 Å². The molecule has 3 heteroatoms. The molecule has 7 rings (SSSR count). The molecular formula is C33H29N3. The summed E-state index contributed by atoms with van der Waals surface area (Å²) in [5, 5.41) is 9.53. The first-order chi connectivity index (χ1) is 17.7. The highest BCUT2D eigenvalue weighted by Crippen LogP contribution is 2.57. The summed E-state index contributed by atoms with van der Waals surface area (Å²) in [6.07, 6.45) is 31.7. The molecule has 0 amide bonds. The average molecular weight is 468 g/mol. The van der Waals surface area contributed by atoms with E-state index in [2.05, 4.69) is 90.3 Å². The van der Waals surface area contributed by atoms with E-state index in [-0.39, 0.29) is 0 Å². The molecule has 1 aromatic heterocycles. The highest BCUT2D eigenvalue weighted by Gasteiger charge is 2.48. The fraction of sp³-hybridized carbons (Fsp3) is 0.273. The minimum atomic E-state index is 0.497. The SMILES string of the molecule is C=C(C)C1C2C=C=C(c3nnc(C4=CC=C(C5=CC=CCC5)C5CC45)n3C3=CC=C=CC=C3)C=CC21. The Morgan fingerprint density at radius 1 is 0.972 bits per heavy atom. The molecule has 0 N–H and O–H groups in total. The lowest BCUT2D eigenvalue weighted by Crippen LogP contribution is -2.09. The van der Waals surface area contributed by atoms with Crippen LogP contribution in [0.25, 0.3) is 16.8 Å². The average Bonchev–Trinajstić information content (AvgIpc) is 3.78. The Morgan fingerprint density at radius 2 is 1.83 bits per heavy atom. The highest BCUT2D eigenvalue weighted by molar-refractivity contribution is 5.80. The van der Waals surface area contributed by atoms with Gasteiger partial charge >= 0.3 is 0 Å². The molecule has 36 heavy (non-hydrogen) atoms. The van der Waals surface area contributed by atoms with E-state index in [0.717, 1.165) is 35.8 Å². The van der Waals surface area contributed by atoms with Crippen molar-refractivity contribution in [3.05, 3.63) is 125 Å². The van der Waals surface area contributed by atoms with Crippen LogP contribution in [0.3, 0.4) is 0 Å². The fourth-order valence-corrected chi connectivity index (χ4v) is 6.28. The summed E-state index contributed by atoms with van der Waals surface area (Å²) >= 11 is 0. The molecule has 1 heterocycles. The zero-order valence-electron chi connectivity index (χ0n) is 20.6. The number of nitrogens with zero attached hydrogens (tertiary/aromatic N) is 3. The van der Waals surface area contributed by atoms with Crippen LogP contribution in [0.1, 0.15) is 37.8 Å². The van der Waals surface area contributed by atoms with E-state index < -0.39 is 0 Å². The van der Waals surface area contributed by atoms with Crippen molar-refractivity contribution in [2.45, 2.75) is 26.2 Å². The molecule has 6 aliphatic carbocycles. The van der Waals surface area contributed by atoms with Gasteiger partial charge in [-0.05, 0) is 103 Å². The Labute approximate surface area is 212 Å². The van der Waals surface area contributed by atoms with Crippen LogP contribution in [0.15, 0.2) is 114 Å². The van der Waals surface area contributed by atoms with E-state index in [1.165, 1.54) is 28.7 Å². The van der Waals surface area contributed by atoms with Crippen molar-refractivity contribution in [3.8, 4) is 0 Å². The molecule has 176 valence electrons. The van der Waals surface area contributed by atoms with E-state index in [0.29, 0.717) is 29.6 Å².